The molecule has 5 heteroatoms. The number of benzene rings is 3. The smallest absolute Gasteiger partial charge is 0.319 e. The fraction of sp³-hybridized carbons (Fsp3) is 0.227. The topological polar surface area (TPSA) is 44.4 Å². The Morgan fingerprint density at radius 2 is 1.81 bits per heavy atom. The predicted octanol–water partition coefficient (Wildman–Crippen LogP) is 4.63. The van der Waals surface area contributed by atoms with E-state index in [1.165, 1.54) is 12.1 Å². The number of nitrogens with one attached hydrogen (secondary N) is 2. The van der Waals surface area contributed by atoms with Gasteiger partial charge in [-0.25, -0.2) is 9.18 Å². The molecule has 138 valence electrons. The molecule has 1 aliphatic heterocycles. The summed E-state index contributed by atoms with van der Waals surface area (Å²) in [6, 6.07) is 20.3. The number of carbonyl (C=O) groups excluding carboxylic acids is 1. The van der Waals surface area contributed by atoms with E-state index in [2.05, 4.69) is 15.5 Å². The Balaban J connectivity index is 1.31. The van der Waals surface area contributed by atoms with Crippen LogP contribution in [0.25, 0.3) is 10.8 Å². The van der Waals surface area contributed by atoms with Crippen LogP contribution in [-0.4, -0.2) is 25.7 Å². The Bertz CT molecular complexity index is 936. The highest BCUT2D eigenvalue weighted by Gasteiger charge is 2.23. The Labute approximate surface area is 158 Å². The van der Waals surface area contributed by atoms with Crippen molar-refractivity contribution in [2.45, 2.75) is 6.42 Å². The van der Waals surface area contributed by atoms with Crippen LogP contribution in [-0.2, 0) is 0 Å². The van der Waals surface area contributed by atoms with Crippen LogP contribution in [0.4, 0.5) is 20.6 Å². The van der Waals surface area contributed by atoms with Gasteiger partial charge in [0.1, 0.15) is 5.82 Å². The number of amides is 2. The van der Waals surface area contributed by atoms with Crippen molar-refractivity contribution in [2.75, 3.05) is 29.9 Å². The van der Waals surface area contributed by atoms with Crippen LogP contribution in [0, 0.1) is 11.7 Å². The quantitative estimate of drug-likeness (QED) is 0.710. The first-order chi connectivity index (χ1) is 13.2. The first kappa shape index (κ1) is 17.3. The van der Waals surface area contributed by atoms with E-state index in [1.807, 2.05) is 42.5 Å². The van der Waals surface area contributed by atoms with Crippen LogP contribution in [0.15, 0.2) is 66.7 Å². The lowest BCUT2D eigenvalue weighted by atomic mass is 10.1. The summed E-state index contributed by atoms with van der Waals surface area (Å²) in [5, 5.41) is 8.06. The average molecular weight is 363 g/mol. The van der Waals surface area contributed by atoms with Crippen LogP contribution < -0.4 is 15.5 Å². The molecule has 1 unspecified atom stereocenters. The molecule has 27 heavy (non-hydrogen) atoms. The second-order valence-electron chi connectivity index (χ2n) is 6.94. The van der Waals surface area contributed by atoms with Gasteiger partial charge in [0.25, 0.3) is 0 Å². The number of hydrogen-bond donors (Lipinski definition) is 2. The lowest BCUT2D eigenvalue weighted by Gasteiger charge is -2.19. The molecule has 4 rings (SSSR count). The summed E-state index contributed by atoms with van der Waals surface area (Å²) in [5.74, 6) is 0.162. The normalized spacial score (nSPS) is 16.5. The molecule has 2 amide bonds. The van der Waals surface area contributed by atoms with E-state index < -0.39 is 0 Å². The van der Waals surface area contributed by atoms with Gasteiger partial charge in [0, 0.05) is 30.7 Å². The second kappa shape index (κ2) is 7.66. The number of rotatable bonds is 4. The molecule has 0 aliphatic carbocycles. The van der Waals surface area contributed by atoms with Gasteiger partial charge in [-0.05, 0) is 48.1 Å². The summed E-state index contributed by atoms with van der Waals surface area (Å²) in [5.41, 5.74) is 1.84. The van der Waals surface area contributed by atoms with Crippen molar-refractivity contribution in [3.63, 3.8) is 0 Å². The van der Waals surface area contributed by atoms with Gasteiger partial charge < -0.3 is 15.5 Å². The molecule has 3 aromatic carbocycles. The molecule has 0 spiro atoms. The standard InChI is InChI=1S/C22H22FN3O/c23-18-8-10-19(11-9-18)26-13-12-16(15-26)14-24-22(27)25-21-7-3-5-17-4-1-2-6-20(17)21/h1-11,16H,12-15H2,(H2,24,25,27). The number of halogens is 1. The molecule has 1 heterocycles. The summed E-state index contributed by atoms with van der Waals surface area (Å²) in [4.78, 5) is 14.6. The highest BCUT2D eigenvalue weighted by Crippen LogP contribution is 2.24. The zero-order valence-electron chi connectivity index (χ0n) is 15.0. The number of nitrogens with zero attached hydrogens (tertiary/aromatic N) is 1. The van der Waals surface area contributed by atoms with E-state index in [9.17, 15) is 9.18 Å². The Hall–Kier alpha value is -3.08. The molecule has 1 aliphatic rings. The number of fused-ring (bicyclic) bond motifs is 1. The molecular formula is C22H22FN3O. The molecule has 0 aromatic heterocycles. The van der Waals surface area contributed by atoms with E-state index in [-0.39, 0.29) is 11.8 Å². The summed E-state index contributed by atoms with van der Waals surface area (Å²) < 4.78 is 13.1. The summed E-state index contributed by atoms with van der Waals surface area (Å²) in [6.45, 7) is 2.40. The van der Waals surface area contributed by atoms with E-state index in [1.54, 1.807) is 12.1 Å². The highest BCUT2D eigenvalue weighted by molar-refractivity contribution is 6.01. The Morgan fingerprint density at radius 3 is 2.67 bits per heavy atom. The number of carbonyl (C=O) groups is 1. The van der Waals surface area contributed by atoms with Gasteiger partial charge >= 0.3 is 6.03 Å². The molecule has 0 saturated carbocycles. The SMILES string of the molecule is O=C(NCC1CCN(c2ccc(F)cc2)C1)Nc1cccc2ccccc12. The predicted molar refractivity (Wildman–Crippen MR) is 108 cm³/mol. The van der Waals surface area contributed by atoms with Crippen molar-refractivity contribution in [3.05, 3.63) is 72.5 Å². The lowest BCUT2D eigenvalue weighted by Crippen LogP contribution is -2.34. The van der Waals surface area contributed by atoms with Crippen molar-refractivity contribution in [1.82, 2.24) is 5.32 Å². The molecule has 0 radical (unpaired) electrons. The fourth-order valence-electron chi connectivity index (χ4n) is 3.62. The number of anilines is 2. The minimum atomic E-state index is -0.221. The molecule has 1 atom stereocenters. The largest absolute Gasteiger partial charge is 0.371 e. The molecule has 2 N–H and O–H groups in total. The summed E-state index contributed by atoms with van der Waals surface area (Å²) in [6.07, 6.45) is 1.01. The monoisotopic (exact) mass is 363 g/mol. The number of urea groups is 1. The third-order valence-corrected chi connectivity index (χ3v) is 5.07. The van der Waals surface area contributed by atoms with E-state index in [0.717, 1.165) is 41.7 Å². The van der Waals surface area contributed by atoms with Crippen LogP contribution >= 0.6 is 0 Å². The minimum Gasteiger partial charge on any atom is -0.371 e. The third-order valence-electron chi connectivity index (χ3n) is 5.07. The average Bonchev–Trinajstić information content (AvgIpc) is 3.16. The Morgan fingerprint density at radius 1 is 1.04 bits per heavy atom. The van der Waals surface area contributed by atoms with Crippen LogP contribution in [0.5, 0.6) is 0 Å². The van der Waals surface area contributed by atoms with Gasteiger partial charge in [0.05, 0.1) is 5.69 Å². The third kappa shape index (κ3) is 4.03. The van der Waals surface area contributed by atoms with Crippen molar-refractivity contribution in [1.29, 1.82) is 0 Å². The van der Waals surface area contributed by atoms with E-state index in [0.29, 0.717) is 12.5 Å². The zero-order valence-corrected chi connectivity index (χ0v) is 15.0. The van der Waals surface area contributed by atoms with E-state index >= 15 is 0 Å². The molecular weight excluding hydrogens is 341 g/mol. The summed E-state index contributed by atoms with van der Waals surface area (Å²) in [7, 11) is 0. The molecule has 1 saturated heterocycles. The van der Waals surface area contributed by atoms with E-state index in [4.69, 9.17) is 0 Å². The van der Waals surface area contributed by atoms with Gasteiger partial charge in [0.15, 0.2) is 0 Å². The number of hydrogen-bond acceptors (Lipinski definition) is 2. The van der Waals surface area contributed by atoms with Crippen molar-refractivity contribution in [2.24, 2.45) is 5.92 Å². The molecule has 0 bridgehead atoms. The maximum absolute atomic E-state index is 13.1. The van der Waals surface area contributed by atoms with Gasteiger partial charge in [-0.1, -0.05) is 36.4 Å². The van der Waals surface area contributed by atoms with Gasteiger partial charge in [0.2, 0.25) is 0 Å². The second-order valence-corrected chi connectivity index (χ2v) is 6.94. The Kier molecular flexibility index (Phi) is 4.92. The highest BCUT2D eigenvalue weighted by atomic mass is 19.1. The van der Waals surface area contributed by atoms with Gasteiger partial charge in [-0.15, -0.1) is 0 Å². The first-order valence-corrected chi connectivity index (χ1v) is 9.22. The maximum atomic E-state index is 13.1. The van der Waals surface area contributed by atoms with Crippen molar-refractivity contribution < 1.29 is 9.18 Å². The maximum Gasteiger partial charge on any atom is 0.319 e. The fourth-order valence-corrected chi connectivity index (χ4v) is 3.62. The molecule has 4 nitrogen and oxygen atoms in total. The minimum absolute atomic E-state index is 0.188. The van der Waals surface area contributed by atoms with Gasteiger partial charge in [-0.3, -0.25) is 0 Å². The van der Waals surface area contributed by atoms with Crippen LogP contribution in [0.3, 0.4) is 0 Å². The van der Waals surface area contributed by atoms with Crippen molar-refractivity contribution in [3.8, 4) is 0 Å². The first-order valence-electron chi connectivity index (χ1n) is 9.22. The lowest BCUT2D eigenvalue weighted by molar-refractivity contribution is 0.250. The zero-order chi connectivity index (χ0) is 18.6. The summed E-state index contributed by atoms with van der Waals surface area (Å²) >= 11 is 0. The molecule has 3 aromatic rings. The molecule has 1 fully saturated rings. The van der Waals surface area contributed by atoms with Crippen LogP contribution in [0.1, 0.15) is 6.42 Å². The van der Waals surface area contributed by atoms with Gasteiger partial charge in [-0.2, -0.15) is 0 Å². The van der Waals surface area contributed by atoms with Crippen molar-refractivity contribution >= 4 is 28.2 Å². The van der Waals surface area contributed by atoms with Crippen LogP contribution in [0.2, 0.25) is 0 Å².